The third-order valence-corrected chi connectivity index (χ3v) is 2.66. The van der Waals surface area contributed by atoms with Crippen molar-refractivity contribution in [2.45, 2.75) is 13.5 Å². The van der Waals surface area contributed by atoms with E-state index in [1.165, 1.54) is 5.56 Å². The van der Waals surface area contributed by atoms with Gasteiger partial charge >= 0.3 is 0 Å². The highest BCUT2D eigenvalue weighted by Crippen LogP contribution is 2.14. The lowest BCUT2D eigenvalue weighted by Gasteiger charge is -2.07. The second-order valence-corrected chi connectivity index (χ2v) is 4.26. The molecular formula is C17H16O2. The molecule has 0 bridgehead atoms. The molecule has 0 unspecified atom stereocenters. The molecule has 2 aromatic rings. The van der Waals surface area contributed by atoms with Gasteiger partial charge in [-0.3, -0.25) is 0 Å². The van der Waals surface area contributed by atoms with Crippen molar-refractivity contribution in [3.63, 3.8) is 0 Å². The van der Waals surface area contributed by atoms with Gasteiger partial charge < -0.3 is 9.84 Å². The quantitative estimate of drug-likeness (QED) is 0.851. The predicted octanol–water partition coefficient (Wildman–Crippen LogP) is 2.92. The molecule has 0 aromatic heterocycles. The van der Waals surface area contributed by atoms with Crippen molar-refractivity contribution >= 4 is 0 Å². The van der Waals surface area contributed by atoms with Crippen molar-refractivity contribution in [1.29, 1.82) is 0 Å². The molecule has 0 spiro atoms. The van der Waals surface area contributed by atoms with Crippen LogP contribution in [-0.2, 0) is 6.61 Å². The summed E-state index contributed by atoms with van der Waals surface area (Å²) in [5.74, 6) is 6.36. The number of benzene rings is 2. The molecule has 19 heavy (non-hydrogen) atoms. The molecule has 0 aliphatic heterocycles. The highest BCUT2D eigenvalue weighted by Gasteiger charge is 1.96. The zero-order valence-electron chi connectivity index (χ0n) is 10.9. The van der Waals surface area contributed by atoms with Crippen LogP contribution in [0.4, 0.5) is 0 Å². The van der Waals surface area contributed by atoms with Gasteiger partial charge in [-0.25, -0.2) is 0 Å². The van der Waals surface area contributed by atoms with Gasteiger partial charge in [0.05, 0.1) is 0 Å². The molecule has 96 valence electrons. The predicted molar refractivity (Wildman–Crippen MR) is 75.9 cm³/mol. The Hall–Kier alpha value is -2.24. The van der Waals surface area contributed by atoms with Crippen LogP contribution in [0.15, 0.2) is 48.5 Å². The van der Waals surface area contributed by atoms with Gasteiger partial charge in [0.1, 0.15) is 19.0 Å². The molecule has 1 N–H and O–H groups in total. The van der Waals surface area contributed by atoms with Crippen molar-refractivity contribution in [1.82, 2.24) is 0 Å². The summed E-state index contributed by atoms with van der Waals surface area (Å²) in [6.45, 7) is 2.47. The molecule has 0 radical (unpaired) electrons. The summed E-state index contributed by atoms with van der Waals surface area (Å²) in [6, 6.07) is 15.8. The summed E-state index contributed by atoms with van der Waals surface area (Å²) >= 11 is 0. The molecule has 0 saturated carbocycles. The fourth-order valence-corrected chi connectivity index (χ4v) is 1.70. The molecule has 0 aliphatic rings. The van der Waals surface area contributed by atoms with Crippen molar-refractivity contribution in [2.24, 2.45) is 0 Å². The van der Waals surface area contributed by atoms with E-state index in [2.05, 4.69) is 11.8 Å². The van der Waals surface area contributed by atoms with Crippen LogP contribution < -0.4 is 4.74 Å². The van der Waals surface area contributed by atoms with Gasteiger partial charge in [0.25, 0.3) is 0 Å². The molecule has 2 nitrogen and oxygen atoms in total. The molecule has 2 aromatic carbocycles. The summed E-state index contributed by atoms with van der Waals surface area (Å²) in [5.41, 5.74) is 3.18. The average molecular weight is 252 g/mol. The van der Waals surface area contributed by atoms with E-state index in [0.29, 0.717) is 6.61 Å². The van der Waals surface area contributed by atoms with Crippen molar-refractivity contribution in [2.75, 3.05) is 6.61 Å². The molecule has 0 saturated heterocycles. The maximum Gasteiger partial charge on any atom is 0.120 e. The van der Waals surface area contributed by atoms with Crippen LogP contribution in [0.1, 0.15) is 16.7 Å². The smallest absolute Gasteiger partial charge is 0.120 e. The van der Waals surface area contributed by atoms with Crippen molar-refractivity contribution < 1.29 is 9.84 Å². The lowest BCUT2D eigenvalue weighted by Crippen LogP contribution is -1.95. The summed E-state index contributed by atoms with van der Waals surface area (Å²) in [7, 11) is 0. The normalized spacial score (nSPS) is 9.58. The van der Waals surface area contributed by atoms with Gasteiger partial charge in [0, 0.05) is 5.56 Å². The first-order chi connectivity index (χ1) is 9.28. The van der Waals surface area contributed by atoms with E-state index in [-0.39, 0.29) is 6.61 Å². The first-order valence-corrected chi connectivity index (χ1v) is 6.16. The van der Waals surface area contributed by atoms with Gasteiger partial charge in [0.2, 0.25) is 0 Å². The van der Waals surface area contributed by atoms with Crippen LogP contribution in [-0.4, -0.2) is 11.7 Å². The highest BCUT2D eigenvalue weighted by atomic mass is 16.5. The number of aliphatic hydroxyl groups is 1. The molecule has 0 heterocycles. The van der Waals surface area contributed by atoms with Crippen LogP contribution >= 0.6 is 0 Å². The summed E-state index contributed by atoms with van der Waals surface area (Å²) in [6.07, 6.45) is 0. The number of hydrogen-bond acceptors (Lipinski definition) is 2. The van der Waals surface area contributed by atoms with Crippen LogP contribution in [0.5, 0.6) is 5.75 Å². The van der Waals surface area contributed by atoms with Crippen LogP contribution in [0.25, 0.3) is 0 Å². The monoisotopic (exact) mass is 252 g/mol. The zero-order chi connectivity index (χ0) is 13.5. The Kier molecular flexibility index (Phi) is 4.60. The van der Waals surface area contributed by atoms with E-state index in [0.717, 1.165) is 16.9 Å². The number of hydrogen-bond donors (Lipinski definition) is 1. The van der Waals surface area contributed by atoms with E-state index in [9.17, 15) is 0 Å². The fourth-order valence-electron chi connectivity index (χ4n) is 1.70. The molecule has 2 heteroatoms. The average Bonchev–Trinajstić information content (AvgIpc) is 2.44. The Labute approximate surface area is 113 Å². The van der Waals surface area contributed by atoms with E-state index < -0.39 is 0 Å². The highest BCUT2D eigenvalue weighted by molar-refractivity contribution is 5.36. The third-order valence-electron chi connectivity index (χ3n) is 2.66. The second-order valence-electron chi connectivity index (χ2n) is 4.26. The molecule has 0 atom stereocenters. The Morgan fingerprint density at radius 2 is 1.89 bits per heavy atom. The fraction of sp³-hybridized carbons (Fsp3) is 0.176. The first-order valence-electron chi connectivity index (χ1n) is 6.16. The van der Waals surface area contributed by atoms with Gasteiger partial charge in [-0.15, -0.1) is 0 Å². The third kappa shape index (κ3) is 4.17. The largest absolute Gasteiger partial charge is 0.489 e. The molecule has 0 aliphatic carbocycles. The Balaban J connectivity index is 1.96. The van der Waals surface area contributed by atoms with Crippen LogP contribution in [0, 0.1) is 18.8 Å². The minimum atomic E-state index is -0.113. The molecular weight excluding hydrogens is 236 g/mol. The van der Waals surface area contributed by atoms with Gasteiger partial charge in [-0.2, -0.15) is 0 Å². The van der Waals surface area contributed by atoms with E-state index in [1.54, 1.807) is 0 Å². The molecule has 2 rings (SSSR count). The Morgan fingerprint density at radius 1 is 1.11 bits per heavy atom. The Bertz CT molecular complexity index is 589. The molecule has 0 fully saturated rings. The topological polar surface area (TPSA) is 29.5 Å². The zero-order valence-corrected chi connectivity index (χ0v) is 10.9. The maximum atomic E-state index is 8.62. The maximum absolute atomic E-state index is 8.62. The SMILES string of the molecule is Cc1cccc(OCc2ccc(C#CCO)cc2)c1. The molecule has 0 amide bonds. The number of aliphatic hydroxyl groups excluding tert-OH is 1. The second kappa shape index (κ2) is 6.63. The summed E-state index contributed by atoms with van der Waals surface area (Å²) in [5, 5.41) is 8.62. The lowest BCUT2D eigenvalue weighted by molar-refractivity contribution is 0.306. The van der Waals surface area contributed by atoms with Crippen LogP contribution in [0.3, 0.4) is 0 Å². The minimum absolute atomic E-state index is 0.113. The van der Waals surface area contributed by atoms with Crippen molar-refractivity contribution in [3.05, 3.63) is 65.2 Å². The van der Waals surface area contributed by atoms with Gasteiger partial charge in [-0.1, -0.05) is 36.1 Å². The first kappa shape index (κ1) is 13.2. The van der Waals surface area contributed by atoms with Crippen molar-refractivity contribution in [3.8, 4) is 17.6 Å². The van der Waals surface area contributed by atoms with Gasteiger partial charge in [0.15, 0.2) is 0 Å². The number of rotatable bonds is 3. The van der Waals surface area contributed by atoms with E-state index in [1.807, 2.05) is 55.5 Å². The number of aryl methyl sites for hydroxylation is 1. The minimum Gasteiger partial charge on any atom is -0.489 e. The van der Waals surface area contributed by atoms with Crippen LogP contribution in [0.2, 0.25) is 0 Å². The summed E-state index contributed by atoms with van der Waals surface area (Å²) in [4.78, 5) is 0. The van der Waals surface area contributed by atoms with Gasteiger partial charge in [-0.05, 0) is 42.3 Å². The Morgan fingerprint density at radius 3 is 2.58 bits per heavy atom. The van der Waals surface area contributed by atoms with E-state index in [4.69, 9.17) is 9.84 Å². The standard InChI is InChI=1S/C17H16O2/c1-14-4-2-6-17(12-14)19-13-16-9-7-15(8-10-16)5-3-11-18/h2,4,6-10,12,18H,11,13H2,1H3. The van der Waals surface area contributed by atoms with E-state index >= 15 is 0 Å². The number of ether oxygens (including phenoxy) is 1. The summed E-state index contributed by atoms with van der Waals surface area (Å²) < 4.78 is 5.72. The lowest BCUT2D eigenvalue weighted by atomic mass is 10.1.